The van der Waals surface area contributed by atoms with Gasteiger partial charge in [-0.25, -0.2) is 0 Å². The van der Waals surface area contributed by atoms with Gasteiger partial charge in [0, 0.05) is 16.7 Å². The second-order valence-electron chi connectivity index (χ2n) is 7.82. The van der Waals surface area contributed by atoms with Crippen LogP contribution < -0.4 is 9.47 Å². The third kappa shape index (κ3) is 6.24. The molecule has 0 atom stereocenters. The summed E-state index contributed by atoms with van der Waals surface area (Å²) in [6.07, 6.45) is 3.62. The first-order valence-electron chi connectivity index (χ1n) is 11.1. The van der Waals surface area contributed by atoms with E-state index in [1.165, 1.54) is 12.2 Å². The molecule has 0 saturated heterocycles. The number of ether oxygens (including phenoxy) is 2. The molecule has 4 rings (SSSR count). The Morgan fingerprint density at radius 1 is 0.743 bits per heavy atom. The molecule has 0 aromatic heterocycles. The topological polar surface area (TPSA) is 72.8 Å². The number of carbonyl (C=O) groups excluding carboxylic acids is 2. The number of aldehydes is 1. The molecule has 0 bridgehead atoms. The van der Waals surface area contributed by atoms with Crippen LogP contribution in [0, 0.1) is 0 Å². The van der Waals surface area contributed by atoms with Crippen molar-refractivity contribution < 1.29 is 24.2 Å². The van der Waals surface area contributed by atoms with Gasteiger partial charge in [0.05, 0.1) is 0 Å². The number of allylic oxidation sites excluding steroid dienone is 1. The Kier molecular flexibility index (Phi) is 7.71. The maximum Gasteiger partial charge on any atom is 0.204 e. The van der Waals surface area contributed by atoms with E-state index in [0.29, 0.717) is 29.0 Å². The van der Waals surface area contributed by atoms with Crippen LogP contribution in [0.3, 0.4) is 0 Å². The van der Waals surface area contributed by atoms with E-state index in [0.717, 1.165) is 17.4 Å². The average Bonchev–Trinajstić information content (AvgIpc) is 2.92. The van der Waals surface area contributed by atoms with Gasteiger partial charge in [-0.05, 0) is 35.4 Å². The fraction of sp³-hybridized carbons (Fsp3) is 0.0667. The molecule has 4 aromatic carbocycles. The lowest BCUT2D eigenvalue weighted by Crippen LogP contribution is -2.01. The van der Waals surface area contributed by atoms with Crippen molar-refractivity contribution in [2.45, 2.75) is 13.2 Å². The number of phenolic OH excluding ortho intramolecular Hbond substituents is 1. The summed E-state index contributed by atoms with van der Waals surface area (Å²) in [5, 5.41) is 11.0. The minimum Gasteiger partial charge on any atom is -0.504 e. The third-order valence-corrected chi connectivity index (χ3v) is 5.34. The molecule has 1 N–H and O–H groups in total. The number of ketones is 1. The number of aromatic hydroxyl groups is 1. The molecule has 0 radical (unpaired) electrons. The highest BCUT2D eigenvalue weighted by atomic mass is 16.5. The molecule has 0 spiro atoms. The fourth-order valence-corrected chi connectivity index (χ4v) is 3.41. The summed E-state index contributed by atoms with van der Waals surface area (Å²) in [4.78, 5) is 23.4. The number of benzene rings is 4. The van der Waals surface area contributed by atoms with E-state index in [1.807, 2.05) is 60.7 Å². The van der Waals surface area contributed by atoms with Crippen LogP contribution in [0.4, 0.5) is 0 Å². The second-order valence-corrected chi connectivity index (χ2v) is 7.82. The first-order chi connectivity index (χ1) is 17.1. The lowest BCUT2D eigenvalue weighted by atomic mass is 10.1. The van der Waals surface area contributed by atoms with Gasteiger partial charge in [-0.1, -0.05) is 84.9 Å². The molecule has 0 fully saturated rings. The van der Waals surface area contributed by atoms with Gasteiger partial charge in [-0.3, -0.25) is 9.59 Å². The van der Waals surface area contributed by atoms with Crippen molar-refractivity contribution in [2.24, 2.45) is 0 Å². The third-order valence-electron chi connectivity index (χ3n) is 5.34. The number of hydrogen-bond donors (Lipinski definition) is 1. The summed E-state index contributed by atoms with van der Waals surface area (Å²) < 4.78 is 11.9. The van der Waals surface area contributed by atoms with Crippen LogP contribution in [0.5, 0.6) is 17.2 Å². The van der Waals surface area contributed by atoms with Crippen LogP contribution in [0.15, 0.2) is 103 Å². The summed E-state index contributed by atoms with van der Waals surface area (Å²) in [6, 6.07) is 29.0. The SMILES string of the molecule is O=Cc1ccc(C(=O)/C=C/c2ccc(OCc3ccccc3)c(OCc3ccccc3)c2O)cc1. The smallest absolute Gasteiger partial charge is 0.204 e. The van der Waals surface area contributed by atoms with Crippen molar-refractivity contribution >= 4 is 18.1 Å². The van der Waals surface area contributed by atoms with Crippen molar-refractivity contribution in [1.29, 1.82) is 0 Å². The number of rotatable bonds is 10. The summed E-state index contributed by atoms with van der Waals surface area (Å²) >= 11 is 0. The molecule has 0 unspecified atom stereocenters. The molecule has 0 aliphatic heterocycles. The van der Waals surface area contributed by atoms with E-state index in [9.17, 15) is 14.7 Å². The lowest BCUT2D eigenvalue weighted by Gasteiger charge is -2.16. The van der Waals surface area contributed by atoms with Gasteiger partial charge >= 0.3 is 0 Å². The molecule has 0 saturated carbocycles. The van der Waals surface area contributed by atoms with Crippen molar-refractivity contribution in [3.63, 3.8) is 0 Å². The zero-order valence-electron chi connectivity index (χ0n) is 19.0. The first-order valence-corrected chi connectivity index (χ1v) is 11.1. The van der Waals surface area contributed by atoms with Crippen molar-refractivity contribution in [3.8, 4) is 17.2 Å². The van der Waals surface area contributed by atoms with Gasteiger partial charge < -0.3 is 14.6 Å². The average molecular weight is 465 g/mol. The van der Waals surface area contributed by atoms with Gasteiger partial charge in [-0.15, -0.1) is 0 Å². The number of phenols is 1. The van der Waals surface area contributed by atoms with Crippen molar-refractivity contribution in [2.75, 3.05) is 0 Å². The van der Waals surface area contributed by atoms with E-state index >= 15 is 0 Å². The number of hydrogen-bond acceptors (Lipinski definition) is 5. The second kappa shape index (κ2) is 11.5. The van der Waals surface area contributed by atoms with Gasteiger partial charge in [-0.2, -0.15) is 0 Å². The van der Waals surface area contributed by atoms with Crippen molar-refractivity contribution in [1.82, 2.24) is 0 Å². The van der Waals surface area contributed by atoms with Crippen LogP contribution in [0.2, 0.25) is 0 Å². The quantitative estimate of drug-likeness (QED) is 0.170. The zero-order chi connectivity index (χ0) is 24.5. The highest BCUT2D eigenvalue weighted by molar-refractivity contribution is 6.07. The molecular weight excluding hydrogens is 440 g/mol. The van der Waals surface area contributed by atoms with Crippen molar-refractivity contribution in [3.05, 3.63) is 131 Å². The minimum absolute atomic E-state index is 0.119. The monoisotopic (exact) mass is 464 g/mol. The molecule has 5 heteroatoms. The standard InChI is InChI=1S/C30H24O5/c31-19-22-11-13-25(14-12-22)27(32)17-15-26-16-18-28(34-20-23-7-3-1-4-8-23)30(29(26)33)35-21-24-9-5-2-6-10-24/h1-19,33H,20-21H2/b17-15+. The molecule has 0 heterocycles. The summed E-state index contributed by atoms with van der Waals surface area (Å²) in [7, 11) is 0. The van der Waals surface area contributed by atoms with Crippen LogP contribution in [0.1, 0.15) is 37.4 Å². The lowest BCUT2D eigenvalue weighted by molar-refractivity contribution is 0.104. The zero-order valence-corrected chi connectivity index (χ0v) is 19.0. The summed E-state index contributed by atoms with van der Waals surface area (Å²) in [6.45, 7) is 0.553. The van der Waals surface area contributed by atoms with Gasteiger partial charge in [0.25, 0.3) is 0 Å². The molecule has 0 amide bonds. The Morgan fingerprint density at radius 2 is 1.34 bits per heavy atom. The Labute approximate surface area is 203 Å². The minimum atomic E-state index is -0.252. The Hall–Kier alpha value is -4.64. The van der Waals surface area contributed by atoms with E-state index in [4.69, 9.17) is 9.47 Å². The van der Waals surface area contributed by atoms with Gasteiger partial charge in [0.1, 0.15) is 19.5 Å². The molecule has 4 aromatic rings. The predicted molar refractivity (Wildman–Crippen MR) is 135 cm³/mol. The Balaban J connectivity index is 1.57. The van der Waals surface area contributed by atoms with E-state index in [1.54, 1.807) is 36.4 Å². The highest BCUT2D eigenvalue weighted by Crippen LogP contribution is 2.41. The maximum atomic E-state index is 12.5. The van der Waals surface area contributed by atoms with Crippen LogP contribution in [-0.4, -0.2) is 17.2 Å². The molecule has 0 aliphatic rings. The molecule has 5 nitrogen and oxygen atoms in total. The normalized spacial score (nSPS) is 10.7. The van der Waals surface area contributed by atoms with Gasteiger partial charge in [0.15, 0.2) is 17.3 Å². The van der Waals surface area contributed by atoms with Crippen LogP contribution in [0.25, 0.3) is 6.08 Å². The van der Waals surface area contributed by atoms with Crippen LogP contribution >= 0.6 is 0 Å². The summed E-state index contributed by atoms with van der Waals surface area (Å²) in [5.41, 5.74) is 3.27. The van der Waals surface area contributed by atoms with Crippen LogP contribution in [-0.2, 0) is 13.2 Å². The fourth-order valence-electron chi connectivity index (χ4n) is 3.41. The van der Waals surface area contributed by atoms with E-state index in [2.05, 4.69) is 0 Å². The first kappa shape index (κ1) is 23.5. The Bertz CT molecular complexity index is 1310. The Morgan fingerprint density at radius 3 is 1.94 bits per heavy atom. The maximum absolute atomic E-state index is 12.5. The van der Waals surface area contributed by atoms with E-state index in [-0.39, 0.29) is 23.9 Å². The van der Waals surface area contributed by atoms with E-state index < -0.39 is 0 Å². The largest absolute Gasteiger partial charge is 0.504 e. The molecule has 174 valence electrons. The molecular formula is C30H24O5. The molecule has 35 heavy (non-hydrogen) atoms. The molecule has 0 aliphatic carbocycles. The predicted octanol–water partition coefficient (Wildman–Crippen LogP) is 6.26. The summed E-state index contributed by atoms with van der Waals surface area (Å²) in [5.74, 6) is 0.231. The highest BCUT2D eigenvalue weighted by Gasteiger charge is 2.15. The van der Waals surface area contributed by atoms with Gasteiger partial charge in [0.2, 0.25) is 5.75 Å². The number of carbonyl (C=O) groups is 2.